The second kappa shape index (κ2) is 5.20. The molecule has 0 fully saturated rings. The van der Waals surface area contributed by atoms with Crippen LogP contribution < -0.4 is 4.74 Å². The Hall–Kier alpha value is -0.760. The Labute approximate surface area is 93.9 Å². The van der Waals surface area contributed by atoms with Crippen molar-refractivity contribution in [1.29, 1.82) is 0 Å². The first kappa shape index (κ1) is 11.3. The van der Waals surface area contributed by atoms with Gasteiger partial charge in [0.1, 0.15) is 12.4 Å². The van der Waals surface area contributed by atoms with E-state index in [9.17, 15) is 0 Å². The molecule has 0 atom stereocenters. The van der Waals surface area contributed by atoms with E-state index in [1.54, 1.807) is 0 Å². The minimum absolute atomic E-state index is 0.637. The Kier molecular flexibility index (Phi) is 4.21. The van der Waals surface area contributed by atoms with Gasteiger partial charge in [0.25, 0.3) is 0 Å². The molecule has 2 heteroatoms. The molecule has 1 aromatic rings. The second-order valence-electron chi connectivity index (χ2n) is 3.50. The van der Waals surface area contributed by atoms with Crippen LogP contribution in [0.4, 0.5) is 0 Å². The largest absolute Gasteiger partial charge is 0.489 e. The molecule has 14 heavy (non-hydrogen) atoms. The summed E-state index contributed by atoms with van der Waals surface area (Å²) in [4.78, 5) is 0. The first-order chi connectivity index (χ1) is 6.59. The Bertz CT molecular complexity index is 338. The average Bonchev–Trinajstić information content (AvgIpc) is 2.10. The Balaban J connectivity index is 2.60. The van der Waals surface area contributed by atoms with Crippen LogP contribution in [0.1, 0.15) is 19.4 Å². The summed E-state index contributed by atoms with van der Waals surface area (Å²) >= 11 is 3.47. The lowest BCUT2D eigenvalue weighted by atomic mass is 10.2. The van der Waals surface area contributed by atoms with Gasteiger partial charge in [-0.25, -0.2) is 0 Å². The molecule has 0 bridgehead atoms. The predicted octanol–water partition coefficient (Wildman–Crippen LogP) is 4.10. The molecule has 0 unspecified atom stereocenters. The van der Waals surface area contributed by atoms with E-state index in [1.807, 2.05) is 18.2 Å². The fourth-order valence-electron chi connectivity index (χ4n) is 0.968. The van der Waals surface area contributed by atoms with Crippen LogP contribution in [0.5, 0.6) is 5.75 Å². The standard InChI is InChI=1S/C12H15BrO/c1-9(2)6-7-14-11-5-4-10(3)12(13)8-11/h4-6,8H,7H2,1-3H3. The minimum atomic E-state index is 0.637. The van der Waals surface area contributed by atoms with Crippen LogP contribution in [0.3, 0.4) is 0 Å². The molecule has 0 aliphatic rings. The summed E-state index contributed by atoms with van der Waals surface area (Å²) in [6, 6.07) is 6.02. The normalized spacial score (nSPS) is 9.71. The fourth-order valence-corrected chi connectivity index (χ4v) is 1.33. The van der Waals surface area contributed by atoms with Gasteiger partial charge < -0.3 is 4.74 Å². The van der Waals surface area contributed by atoms with Crippen molar-refractivity contribution in [1.82, 2.24) is 0 Å². The van der Waals surface area contributed by atoms with Crippen LogP contribution in [-0.2, 0) is 0 Å². The van der Waals surface area contributed by atoms with E-state index in [4.69, 9.17) is 4.74 Å². The van der Waals surface area contributed by atoms with E-state index in [2.05, 4.69) is 42.8 Å². The van der Waals surface area contributed by atoms with Crippen molar-refractivity contribution in [2.24, 2.45) is 0 Å². The molecule has 0 aliphatic heterocycles. The first-order valence-corrected chi connectivity index (χ1v) is 5.41. The van der Waals surface area contributed by atoms with Gasteiger partial charge in [-0.1, -0.05) is 27.6 Å². The van der Waals surface area contributed by atoms with Crippen molar-refractivity contribution in [3.8, 4) is 5.75 Å². The molecule has 76 valence electrons. The highest BCUT2D eigenvalue weighted by Crippen LogP contribution is 2.22. The molecule has 1 aromatic carbocycles. The molecule has 0 saturated carbocycles. The molecule has 1 nitrogen and oxygen atoms in total. The van der Waals surface area contributed by atoms with Crippen LogP contribution in [-0.4, -0.2) is 6.61 Å². The van der Waals surface area contributed by atoms with Crippen molar-refractivity contribution in [3.05, 3.63) is 39.9 Å². The van der Waals surface area contributed by atoms with Gasteiger partial charge in [-0.3, -0.25) is 0 Å². The number of benzene rings is 1. The first-order valence-electron chi connectivity index (χ1n) is 4.62. The number of ether oxygens (including phenoxy) is 1. The summed E-state index contributed by atoms with van der Waals surface area (Å²) in [7, 11) is 0. The second-order valence-corrected chi connectivity index (χ2v) is 4.36. The number of halogens is 1. The topological polar surface area (TPSA) is 9.23 Å². The quantitative estimate of drug-likeness (QED) is 0.739. The van der Waals surface area contributed by atoms with Crippen LogP contribution in [0.25, 0.3) is 0 Å². The maximum Gasteiger partial charge on any atom is 0.120 e. The van der Waals surface area contributed by atoms with Gasteiger partial charge in [0.15, 0.2) is 0 Å². The summed E-state index contributed by atoms with van der Waals surface area (Å²) < 4.78 is 6.64. The summed E-state index contributed by atoms with van der Waals surface area (Å²) in [6.45, 7) is 6.82. The third kappa shape index (κ3) is 3.54. The zero-order valence-corrected chi connectivity index (χ0v) is 10.4. The Morgan fingerprint density at radius 3 is 2.71 bits per heavy atom. The molecule has 0 N–H and O–H groups in total. The maximum absolute atomic E-state index is 5.55. The van der Waals surface area contributed by atoms with Crippen molar-refractivity contribution >= 4 is 15.9 Å². The van der Waals surface area contributed by atoms with Crippen molar-refractivity contribution < 1.29 is 4.74 Å². The average molecular weight is 255 g/mol. The minimum Gasteiger partial charge on any atom is -0.489 e. The lowest BCUT2D eigenvalue weighted by Crippen LogP contribution is -1.94. The van der Waals surface area contributed by atoms with Crippen molar-refractivity contribution in [2.75, 3.05) is 6.61 Å². The summed E-state index contributed by atoms with van der Waals surface area (Å²) in [5.74, 6) is 0.903. The number of hydrogen-bond donors (Lipinski definition) is 0. The Morgan fingerprint density at radius 1 is 1.43 bits per heavy atom. The molecule has 0 amide bonds. The fraction of sp³-hybridized carbons (Fsp3) is 0.333. The molecule has 0 spiro atoms. The molecule has 0 aromatic heterocycles. The monoisotopic (exact) mass is 254 g/mol. The Morgan fingerprint density at radius 2 is 2.14 bits per heavy atom. The van der Waals surface area contributed by atoms with Gasteiger partial charge >= 0.3 is 0 Å². The van der Waals surface area contributed by atoms with Gasteiger partial charge in [0, 0.05) is 4.47 Å². The predicted molar refractivity (Wildman–Crippen MR) is 63.8 cm³/mol. The van der Waals surface area contributed by atoms with E-state index in [0.717, 1.165) is 10.2 Å². The maximum atomic E-state index is 5.55. The van der Waals surface area contributed by atoms with E-state index in [0.29, 0.717) is 6.61 Å². The highest BCUT2D eigenvalue weighted by molar-refractivity contribution is 9.10. The number of aryl methyl sites for hydroxylation is 1. The highest BCUT2D eigenvalue weighted by atomic mass is 79.9. The lowest BCUT2D eigenvalue weighted by Gasteiger charge is -2.05. The molecule has 0 aliphatic carbocycles. The third-order valence-corrected chi connectivity index (χ3v) is 2.74. The zero-order chi connectivity index (χ0) is 10.6. The number of hydrogen-bond acceptors (Lipinski definition) is 1. The molecule has 0 saturated heterocycles. The molecule has 0 radical (unpaired) electrons. The van der Waals surface area contributed by atoms with Gasteiger partial charge in [-0.15, -0.1) is 0 Å². The van der Waals surface area contributed by atoms with E-state index >= 15 is 0 Å². The van der Waals surface area contributed by atoms with Crippen LogP contribution in [0, 0.1) is 6.92 Å². The van der Waals surface area contributed by atoms with E-state index in [-0.39, 0.29) is 0 Å². The molecule has 0 heterocycles. The lowest BCUT2D eigenvalue weighted by molar-refractivity contribution is 0.361. The number of allylic oxidation sites excluding steroid dienone is 1. The van der Waals surface area contributed by atoms with Gasteiger partial charge in [-0.05, 0) is 44.5 Å². The smallest absolute Gasteiger partial charge is 0.120 e. The highest BCUT2D eigenvalue weighted by Gasteiger charge is 1.96. The zero-order valence-electron chi connectivity index (χ0n) is 8.80. The van der Waals surface area contributed by atoms with Gasteiger partial charge in [0.2, 0.25) is 0 Å². The molecule has 1 rings (SSSR count). The van der Waals surface area contributed by atoms with Crippen LogP contribution in [0.15, 0.2) is 34.3 Å². The summed E-state index contributed by atoms with van der Waals surface area (Å²) in [6.07, 6.45) is 2.06. The van der Waals surface area contributed by atoms with E-state index in [1.165, 1.54) is 11.1 Å². The van der Waals surface area contributed by atoms with Crippen LogP contribution in [0.2, 0.25) is 0 Å². The van der Waals surface area contributed by atoms with Crippen molar-refractivity contribution in [2.45, 2.75) is 20.8 Å². The molecular formula is C12H15BrO. The summed E-state index contributed by atoms with van der Waals surface area (Å²) in [5.41, 5.74) is 2.50. The van der Waals surface area contributed by atoms with Gasteiger partial charge in [-0.2, -0.15) is 0 Å². The van der Waals surface area contributed by atoms with Crippen molar-refractivity contribution in [3.63, 3.8) is 0 Å². The number of rotatable bonds is 3. The van der Waals surface area contributed by atoms with E-state index < -0.39 is 0 Å². The van der Waals surface area contributed by atoms with Gasteiger partial charge in [0.05, 0.1) is 0 Å². The summed E-state index contributed by atoms with van der Waals surface area (Å²) in [5, 5.41) is 0. The SMILES string of the molecule is CC(C)=CCOc1ccc(C)c(Br)c1. The van der Waals surface area contributed by atoms with Crippen LogP contribution >= 0.6 is 15.9 Å². The third-order valence-electron chi connectivity index (χ3n) is 1.88. The molecular weight excluding hydrogens is 240 g/mol.